The molecule has 2 aliphatic heterocycles. The highest BCUT2D eigenvalue weighted by Gasteiger charge is 2.43. The van der Waals surface area contributed by atoms with E-state index in [1.165, 1.54) is 19.3 Å². The van der Waals surface area contributed by atoms with Crippen molar-refractivity contribution < 1.29 is 4.79 Å². The van der Waals surface area contributed by atoms with Gasteiger partial charge in [0.25, 0.3) is 0 Å². The second-order valence-corrected chi connectivity index (χ2v) is 7.48. The third-order valence-electron chi connectivity index (χ3n) is 5.92. The Kier molecular flexibility index (Phi) is 3.35. The molecule has 24 heavy (non-hydrogen) atoms. The number of carbonyl (C=O) groups is 1. The van der Waals surface area contributed by atoms with Crippen LogP contribution in [0.3, 0.4) is 0 Å². The van der Waals surface area contributed by atoms with Crippen molar-refractivity contribution in [3.05, 3.63) is 30.6 Å². The number of amides is 1. The zero-order valence-corrected chi connectivity index (χ0v) is 13.7. The number of piperidine rings is 1. The lowest BCUT2D eigenvalue weighted by molar-refractivity contribution is -0.134. The normalized spacial score (nSPS) is 32.1. The van der Waals surface area contributed by atoms with Crippen molar-refractivity contribution in [1.29, 1.82) is 0 Å². The molecule has 1 amide bonds. The van der Waals surface area contributed by atoms with Crippen LogP contribution < -0.4 is 10.9 Å². The lowest BCUT2D eigenvalue weighted by atomic mass is 10.1. The summed E-state index contributed by atoms with van der Waals surface area (Å²) < 4.78 is 2.17. The Labute approximate surface area is 141 Å². The third kappa shape index (κ3) is 2.32. The Hall–Kier alpha value is -1.92. The number of hydrogen-bond acceptors (Lipinski definition) is 4. The van der Waals surface area contributed by atoms with E-state index in [0.29, 0.717) is 6.04 Å². The topological polar surface area (TPSA) is 62.2 Å². The van der Waals surface area contributed by atoms with Gasteiger partial charge in [0, 0.05) is 25.2 Å². The van der Waals surface area contributed by atoms with Crippen LogP contribution in [-0.4, -0.2) is 45.0 Å². The van der Waals surface area contributed by atoms with Crippen molar-refractivity contribution in [2.75, 3.05) is 6.54 Å². The fraction of sp³-hybridized carbons (Fsp3) is 0.556. The maximum Gasteiger partial charge on any atom is 0.241 e. The minimum Gasteiger partial charge on any atom is -0.338 e. The fourth-order valence-electron chi connectivity index (χ4n) is 4.69. The molecule has 3 heterocycles. The van der Waals surface area contributed by atoms with Crippen LogP contribution in [0, 0.1) is 5.92 Å². The van der Waals surface area contributed by atoms with E-state index < -0.39 is 0 Å². The first-order chi connectivity index (χ1) is 11.8. The highest BCUT2D eigenvalue weighted by atomic mass is 16.2. The zero-order valence-electron chi connectivity index (χ0n) is 13.7. The fourth-order valence-corrected chi connectivity index (χ4v) is 4.69. The predicted octanol–water partition coefficient (Wildman–Crippen LogP) is 1.28. The zero-order chi connectivity index (χ0) is 16.1. The summed E-state index contributed by atoms with van der Waals surface area (Å²) in [6.07, 6.45) is 6.44. The van der Waals surface area contributed by atoms with Gasteiger partial charge in [0.15, 0.2) is 0 Å². The Morgan fingerprint density at radius 2 is 2.12 bits per heavy atom. The standard InChI is InChI=1S/C18H23N5O/c24-18(23-9-12-5-6-14(23)7-12)16-8-13(20-21-16)10-22-11-19-15-3-1-2-4-17(15)22/h1-4,11-14,16,20-21H,5-10H2/t12-,13?,14-,16?/m0/s1. The number of likely N-dealkylation sites (tertiary alicyclic amines) is 1. The summed E-state index contributed by atoms with van der Waals surface area (Å²) in [6, 6.07) is 8.82. The number of aromatic nitrogens is 2. The van der Waals surface area contributed by atoms with Crippen LogP contribution in [-0.2, 0) is 11.3 Å². The predicted molar refractivity (Wildman–Crippen MR) is 91.0 cm³/mol. The van der Waals surface area contributed by atoms with Gasteiger partial charge in [0.1, 0.15) is 6.04 Å². The maximum atomic E-state index is 12.8. The minimum atomic E-state index is -0.0934. The van der Waals surface area contributed by atoms with Gasteiger partial charge in [-0.05, 0) is 43.7 Å². The molecule has 0 spiro atoms. The molecular weight excluding hydrogens is 302 g/mol. The summed E-state index contributed by atoms with van der Waals surface area (Å²) in [5, 5.41) is 0. The van der Waals surface area contributed by atoms with Crippen LogP contribution in [0.5, 0.6) is 0 Å². The smallest absolute Gasteiger partial charge is 0.241 e. The number of rotatable bonds is 3. The molecule has 3 fully saturated rings. The SMILES string of the molecule is O=C(C1CC(Cn2cnc3ccccc32)NN1)N1C[C@H]2CC[C@H]1C2. The van der Waals surface area contributed by atoms with E-state index in [4.69, 9.17) is 0 Å². The van der Waals surface area contributed by atoms with E-state index in [1.807, 2.05) is 24.5 Å². The molecule has 1 aromatic heterocycles. The molecule has 2 aromatic rings. The Bertz CT molecular complexity index is 772. The van der Waals surface area contributed by atoms with Crippen molar-refractivity contribution in [2.45, 2.75) is 50.4 Å². The van der Waals surface area contributed by atoms with Crippen LogP contribution in [0.2, 0.25) is 0 Å². The van der Waals surface area contributed by atoms with Gasteiger partial charge in [-0.25, -0.2) is 10.4 Å². The summed E-state index contributed by atoms with van der Waals surface area (Å²) in [5.41, 5.74) is 8.70. The molecule has 5 rings (SSSR count). The van der Waals surface area contributed by atoms with Crippen LogP contribution in [0.1, 0.15) is 25.7 Å². The third-order valence-corrected chi connectivity index (χ3v) is 5.92. The number of imidazole rings is 1. The Morgan fingerprint density at radius 1 is 1.21 bits per heavy atom. The summed E-state index contributed by atoms with van der Waals surface area (Å²) in [7, 11) is 0. The average molecular weight is 325 g/mol. The first kappa shape index (κ1) is 14.4. The van der Waals surface area contributed by atoms with E-state index in [-0.39, 0.29) is 18.0 Å². The largest absolute Gasteiger partial charge is 0.338 e. The van der Waals surface area contributed by atoms with E-state index in [0.717, 1.165) is 36.5 Å². The summed E-state index contributed by atoms with van der Waals surface area (Å²) in [5.74, 6) is 1.04. The Balaban J connectivity index is 1.25. The van der Waals surface area contributed by atoms with Gasteiger partial charge in [-0.2, -0.15) is 0 Å². The number of para-hydroxylation sites is 2. The first-order valence-electron chi connectivity index (χ1n) is 8.99. The van der Waals surface area contributed by atoms with E-state index in [9.17, 15) is 4.79 Å². The number of carbonyl (C=O) groups excluding carboxylic acids is 1. The number of nitrogens with one attached hydrogen (secondary N) is 2. The quantitative estimate of drug-likeness (QED) is 0.892. The summed E-state index contributed by atoms with van der Waals surface area (Å²) >= 11 is 0. The maximum absolute atomic E-state index is 12.8. The van der Waals surface area contributed by atoms with Gasteiger partial charge in [0.2, 0.25) is 5.91 Å². The molecule has 1 aromatic carbocycles. The summed E-state index contributed by atoms with van der Waals surface area (Å²) in [6.45, 7) is 1.79. The number of hydrazine groups is 1. The molecule has 0 radical (unpaired) electrons. The van der Waals surface area contributed by atoms with Crippen molar-refractivity contribution in [3.63, 3.8) is 0 Å². The van der Waals surface area contributed by atoms with Crippen molar-refractivity contribution >= 4 is 16.9 Å². The molecule has 6 heteroatoms. The highest BCUT2D eigenvalue weighted by molar-refractivity contribution is 5.83. The molecule has 2 N–H and O–H groups in total. The van der Waals surface area contributed by atoms with Crippen LogP contribution in [0.25, 0.3) is 11.0 Å². The van der Waals surface area contributed by atoms with Gasteiger partial charge in [-0.3, -0.25) is 10.2 Å². The van der Waals surface area contributed by atoms with E-state index >= 15 is 0 Å². The molecule has 6 nitrogen and oxygen atoms in total. The number of benzene rings is 1. The van der Waals surface area contributed by atoms with Gasteiger partial charge < -0.3 is 9.47 Å². The minimum absolute atomic E-state index is 0.0934. The van der Waals surface area contributed by atoms with Gasteiger partial charge >= 0.3 is 0 Å². The van der Waals surface area contributed by atoms with Crippen molar-refractivity contribution in [1.82, 2.24) is 25.3 Å². The number of nitrogens with zero attached hydrogens (tertiary/aromatic N) is 3. The van der Waals surface area contributed by atoms with E-state index in [1.54, 1.807) is 0 Å². The summed E-state index contributed by atoms with van der Waals surface area (Å²) in [4.78, 5) is 19.4. The molecule has 1 saturated carbocycles. The second kappa shape index (κ2) is 5.57. The highest BCUT2D eigenvalue weighted by Crippen LogP contribution is 2.37. The van der Waals surface area contributed by atoms with Crippen LogP contribution in [0.4, 0.5) is 0 Å². The van der Waals surface area contributed by atoms with Crippen LogP contribution in [0.15, 0.2) is 30.6 Å². The number of hydrogen-bond donors (Lipinski definition) is 2. The van der Waals surface area contributed by atoms with Crippen molar-refractivity contribution in [2.24, 2.45) is 5.92 Å². The second-order valence-electron chi connectivity index (χ2n) is 7.48. The molecule has 126 valence electrons. The molecular formula is C18H23N5O. The van der Waals surface area contributed by atoms with E-state index in [2.05, 4.69) is 31.4 Å². The van der Waals surface area contributed by atoms with Gasteiger partial charge in [-0.15, -0.1) is 0 Å². The van der Waals surface area contributed by atoms with Crippen LogP contribution >= 0.6 is 0 Å². The molecule has 2 unspecified atom stereocenters. The molecule has 4 atom stereocenters. The molecule has 3 aliphatic rings. The Morgan fingerprint density at radius 3 is 2.96 bits per heavy atom. The lowest BCUT2D eigenvalue weighted by Crippen LogP contribution is -2.48. The molecule has 2 saturated heterocycles. The van der Waals surface area contributed by atoms with Gasteiger partial charge in [0.05, 0.1) is 17.4 Å². The van der Waals surface area contributed by atoms with Crippen molar-refractivity contribution in [3.8, 4) is 0 Å². The monoisotopic (exact) mass is 325 g/mol. The average Bonchev–Trinajstić information content (AvgIpc) is 3.39. The number of fused-ring (bicyclic) bond motifs is 3. The lowest BCUT2D eigenvalue weighted by Gasteiger charge is -2.29. The molecule has 1 aliphatic carbocycles. The molecule has 2 bridgehead atoms. The first-order valence-corrected chi connectivity index (χ1v) is 8.99. The van der Waals surface area contributed by atoms with Gasteiger partial charge in [-0.1, -0.05) is 12.1 Å².